The van der Waals surface area contributed by atoms with Crippen LogP contribution in [0.4, 0.5) is 0 Å². The number of likely N-dealkylation sites (N-methyl/N-ethyl adjacent to an activating group) is 1. The van der Waals surface area contributed by atoms with Gasteiger partial charge in [0.15, 0.2) is 5.96 Å². The fraction of sp³-hybridized carbons (Fsp3) is 0.708. The number of guanidine groups is 1. The van der Waals surface area contributed by atoms with Gasteiger partial charge in [-0.15, -0.1) is 24.0 Å². The van der Waals surface area contributed by atoms with Crippen LogP contribution in [-0.2, 0) is 11.3 Å². The second kappa shape index (κ2) is 15.7. The Morgan fingerprint density at radius 2 is 1.77 bits per heavy atom. The molecule has 31 heavy (non-hydrogen) atoms. The molecular weight excluding hydrogens is 503 g/mol. The van der Waals surface area contributed by atoms with E-state index < -0.39 is 0 Å². The van der Waals surface area contributed by atoms with Crippen LogP contribution in [0, 0.1) is 5.41 Å². The molecule has 0 heterocycles. The van der Waals surface area contributed by atoms with Crippen LogP contribution in [-0.4, -0.2) is 63.9 Å². The molecule has 0 aromatic heterocycles. The zero-order chi connectivity index (χ0) is 21.7. The molecule has 6 nitrogen and oxygen atoms in total. The standard InChI is InChI=1S/C24H42N4O2.HI/c1-5-25-23(27-20-24(13-8-14-24)15-17-29-4)26-19-21-9-11-22(12-10-21)30-18-16-28(6-2)7-3;/h9-12H,5-8,13-20H2,1-4H3,(H2,25,26,27);1H. The van der Waals surface area contributed by atoms with Gasteiger partial charge >= 0.3 is 0 Å². The van der Waals surface area contributed by atoms with Gasteiger partial charge in [-0.1, -0.05) is 32.4 Å². The Morgan fingerprint density at radius 1 is 1.06 bits per heavy atom. The SMILES string of the molecule is CCNC(=NCc1ccc(OCCN(CC)CC)cc1)NCC1(CCOC)CCC1.I. The van der Waals surface area contributed by atoms with Crippen LogP contribution in [0.2, 0.25) is 0 Å². The first-order valence-electron chi connectivity index (χ1n) is 11.6. The van der Waals surface area contributed by atoms with Crippen LogP contribution in [0.1, 0.15) is 52.0 Å². The minimum Gasteiger partial charge on any atom is -0.492 e. The molecule has 1 aromatic rings. The molecule has 1 aliphatic rings. The van der Waals surface area contributed by atoms with E-state index in [4.69, 9.17) is 14.5 Å². The molecule has 0 aliphatic heterocycles. The van der Waals surface area contributed by atoms with Crippen molar-refractivity contribution < 1.29 is 9.47 Å². The first-order valence-corrected chi connectivity index (χ1v) is 11.6. The van der Waals surface area contributed by atoms with Crippen molar-refractivity contribution in [3.8, 4) is 5.75 Å². The Labute approximate surface area is 206 Å². The van der Waals surface area contributed by atoms with E-state index in [-0.39, 0.29) is 24.0 Å². The smallest absolute Gasteiger partial charge is 0.191 e. The molecule has 7 heteroatoms. The van der Waals surface area contributed by atoms with Gasteiger partial charge < -0.3 is 25.0 Å². The summed E-state index contributed by atoms with van der Waals surface area (Å²) in [5, 5.41) is 6.93. The second-order valence-corrected chi connectivity index (χ2v) is 8.16. The highest BCUT2D eigenvalue weighted by atomic mass is 127. The van der Waals surface area contributed by atoms with Gasteiger partial charge in [0.1, 0.15) is 12.4 Å². The van der Waals surface area contributed by atoms with Crippen molar-refractivity contribution in [2.45, 2.75) is 53.0 Å². The number of rotatable bonds is 14. The molecule has 2 rings (SSSR count). The molecule has 1 saturated carbocycles. The summed E-state index contributed by atoms with van der Waals surface area (Å²) in [6, 6.07) is 8.29. The lowest BCUT2D eigenvalue weighted by atomic mass is 9.67. The number of halogens is 1. The quantitative estimate of drug-likeness (QED) is 0.207. The van der Waals surface area contributed by atoms with Gasteiger partial charge in [-0.25, -0.2) is 4.99 Å². The summed E-state index contributed by atoms with van der Waals surface area (Å²) in [6.07, 6.45) is 4.99. The van der Waals surface area contributed by atoms with Gasteiger partial charge in [0, 0.05) is 33.4 Å². The lowest BCUT2D eigenvalue weighted by Crippen LogP contribution is -2.46. The molecular formula is C24H43IN4O2. The monoisotopic (exact) mass is 546 g/mol. The summed E-state index contributed by atoms with van der Waals surface area (Å²) in [5.41, 5.74) is 1.55. The number of nitrogens with zero attached hydrogens (tertiary/aromatic N) is 2. The lowest BCUT2D eigenvalue weighted by molar-refractivity contribution is 0.0732. The predicted octanol–water partition coefficient (Wildman–Crippen LogP) is 4.29. The van der Waals surface area contributed by atoms with E-state index in [2.05, 4.69) is 48.4 Å². The van der Waals surface area contributed by atoms with E-state index in [1.165, 1.54) is 24.8 Å². The van der Waals surface area contributed by atoms with Crippen LogP contribution >= 0.6 is 24.0 Å². The van der Waals surface area contributed by atoms with Gasteiger partial charge in [0.2, 0.25) is 0 Å². The Balaban J connectivity index is 0.00000480. The summed E-state index contributed by atoms with van der Waals surface area (Å²) >= 11 is 0. The first kappa shape index (κ1) is 28.0. The summed E-state index contributed by atoms with van der Waals surface area (Å²) in [6.45, 7) is 13.6. The topological polar surface area (TPSA) is 58.1 Å². The van der Waals surface area contributed by atoms with Crippen molar-refractivity contribution in [1.82, 2.24) is 15.5 Å². The maximum absolute atomic E-state index is 5.87. The van der Waals surface area contributed by atoms with E-state index in [0.29, 0.717) is 12.0 Å². The Bertz CT molecular complexity index is 617. The van der Waals surface area contributed by atoms with E-state index in [1.807, 2.05) is 12.1 Å². The Kier molecular flexibility index (Phi) is 14.2. The third-order valence-corrected chi connectivity index (χ3v) is 6.14. The average Bonchev–Trinajstić information content (AvgIpc) is 2.75. The van der Waals surface area contributed by atoms with E-state index in [9.17, 15) is 0 Å². The minimum absolute atomic E-state index is 0. The third kappa shape index (κ3) is 9.95. The van der Waals surface area contributed by atoms with Crippen molar-refractivity contribution in [3.63, 3.8) is 0 Å². The maximum atomic E-state index is 5.87. The van der Waals surface area contributed by atoms with Gasteiger partial charge in [-0.2, -0.15) is 0 Å². The number of ether oxygens (including phenoxy) is 2. The molecule has 1 fully saturated rings. The van der Waals surface area contributed by atoms with Crippen LogP contribution in [0.5, 0.6) is 5.75 Å². The maximum Gasteiger partial charge on any atom is 0.191 e. The molecule has 1 aliphatic carbocycles. The molecule has 0 amide bonds. The molecule has 178 valence electrons. The molecule has 0 saturated heterocycles. The molecule has 0 spiro atoms. The first-order chi connectivity index (χ1) is 14.6. The third-order valence-electron chi connectivity index (χ3n) is 6.14. The van der Waals surface area contributed by atoms with E-state index in [1.54, 1.807) is 7.11 Å². The summed E-state index contributed by atoms with van der Waals surface area (Å²) in [7, 11) is 1.78. The highest BCUT2D eigenvalue weighted by Gasteiger charge is 2.36. The predicted molar refractivity (Wildman–Crippen MR) is 141 cm³/mol. The van der Waals surface area contributed by atoms with Crippen LogP contribution < -0.4 is 15.4 Å². The number of benzene rings is 1. The van der Waals surface area contributed by atoms with E-state index >= 15 is 0 Å². The number of hydrogen-bond donors (Lipinski definition) is 2. The number of hydrogen-bond acceptors (Lipinski definition) is 4. The summed E-state index contributed by atoms with van der Waals surface area (Å²) < 4.78 is 11.2. The fourth-order valence-electron chi connectivity index (χ4n) is 3.82. The minimum atomic E-state index is 0. The zero-order valence-electron chi connectivity index (χ0n) is 19.9. The molecule has 0 unspecified atom stereocenters. The van der Waals surface area contributed by atoms with Crippen LogP contribution in [0.3, 0.4) is 0 Å². The normalized spacial score (nSPS) is 15.2. The Morgan fingerprint density at radius 3 is 2.32 bits per heavy atom. The molecule has 1 aromatic carbocycles. The van der Waals surface area contributed by atoms with Gasteiger partial charge in [-0.3, -0.25) is 0 Å². The van der Waals surface area contributed by atoms with Gasteiger partial charge in [-0.05, 0) is 62.4 Å². The summed E-state index contributed by atoms with van der Waals surface area (Å²) in [4.78, 5) is 7.14. The zero-order valence-corrected chi connectivity index (χ0v) is 22.2. The summed E-state index contributed by atoms with van der Waals surface area (Å²) in [5.74, 6) is 1.81. The average molecular weight is 547 g/mol. The van der Waals surface area contributed by atoms with Gasteiger partial charge in [0.05, 0.1) is 6.54 Å². The van der Waals surface area contributed by atoms with Crippen molar-refractivity contribution in [2.75, 3.05) is 53.0 Å². The lowest BCUT2D eigenvalue weighted by Gasteiger charge is -2.42. The van der Waals surface area contributed by atoms with Gasteiger partial charge in [0.25, 0.3) is 0 Å². The fourth-order valence-corrected chi connectivity index (χ4v) is 3.82. The van der Waals surface area contributed by atoms with Crippen LogP contribution in [0.15, 0.2) is 29.3 Å². The largest absolute Gasteiger partial charge is 0.492 e. The highest BCUT2D eigenvalue weighted by Crippen LogP contribution is 2.43. The molecule has 0 atom stereocenters. The van der Waals surface area contributed by atoms with Crippen molar-refractivity contribution in [1.29, 1.82) is 0 Å². The number of aliphatic imine (C=N–C) groups is 1. The van der Waals surface area contributed by atoms with Crippen LogP contribution in [0.25, 0.3) is 0 Å². The van der Waals surface area contributed by atoms with E-state index in [0.717, 1.165) is 64.1 Å². The molecule has 0 bridgehead atoms. The van der Waals surface area contributed by atoms with Crippen molar-refractivity contribution >= 4 is 29.9 Å². The molecule has 2 N–H and O–H groups in total. The van der Waals surface area contributed by atoms with Crippen molar-refractivity contribution in [2.24, 2.45) is 10.4 Å². The molecule has 0 radical (unpaired) electrons. The highest BCUT2D eigenvalue weighted by molar-refractivity contribution is 14.0. The number of nitrogens with one attached hydrogen (secondary N) is 2. The van der Waals surface area contributed by atoms with Crippen molar-refractivity contribution in [3.05, 3.63) is 29.8 Å². The Hall–Kier alpha value is -1.06. The number of methoxy groups -OCH3 is 1. The second-order valence-electron chi connectivity index (χ2n) is 8.16.